The van der Waals surface area contributed by atoms with E-state index in [1.807, 2.05) is 0 Å². The maximum absolute atomic E-state index is 13.7. The second-order valence-electron chi connectivity index (χ2n) is 8.25. The lowest BCUT2D eigenvalue weighted by molar-refractivity contribution is -0.138. The average molecular weight is 458 g/mol. The number of halogens is 4. The summed E-state index contributed by atoms with van der Waals surface area (Å²) in [5.74, 6) is 0.842. The predicted molar refractivity (Wildman–Crippen MR) is 113 cm³/mol. The molecule has 6 nitrogen and oxygen atoms in total. The maximum atomic E-state index is 13.7. The van der Waals surface area contributed by atoms with E-state index in [2.05, 4.69) is 10.1 Å². The maximum Gasteiger partial charge on any atom is 0.416 e. The third-order valence-electron chi connectivity index (χ3n) is 6.26. The van der Waals surface area contributed by atoms with Gasteiger partial charge in [-0.3, -0.25) is 5.41 Å². The van der Waals surface area contributed by atoms with Crippen molar-refractivity contribution in [3.8, 4) is 11.4 Å². The van der Waals surface area contributed by atoms with Crippen molar-refractivity contribution in [1.29, 1.82) is 5.41 Å². The van der Waals surface area contributed by atoms with Crippen molar-refractivity contribution in [3.63, 3.8) is 0 Å². The molecule has 0 bridgehead atoms. The summed E-state index contributed by atoms with van der Waals surface area (Å²) >= 11 is 0. The number of aryl methyl sites for hydroxylation is 1. The highest BCUT2D eigenvalue weighted by molar-refractivity contribution is 5.85. The summed E-state index contributed by atoms with van der Waals surface area (Å²) in [7, 11) is 0. The molecule has 10 heteroatoms. The molecule has 2 heterocycles. The number of nitrogens with zero attached hydrogens (tertiary/aromatic N) is 3. The van der Waals surface area contributed by atoms with Crippen LogP contribution in [0.15, 0.2) is 22.7 Å². The molecule has 1 atom stereocenters. The zero-order valence-electron chi connectivity index (χ0n) is 17.1. The van der Waals surface area contributed by atoms with Gasteiger partial charge >= 0.3 is 6.18 Å². The summed E-state index contributed by atoms with van der Waals surface area (Å²) < 4.78 is 46.5. The van der Waals surface area contributed by atoms with Gasteiger partial charge in [-0.15, -0.1) is 12.4 Å². The van der Waals surface area contributed by atoms with Crippen molar-refractivity contribution in [1.82, 2.24) is 15.0 Å². The van der Waals surface area contributed by atoms with Crippen molar-refractivity contribution >= 4 is 18.4 Å². The summed E-state index contributed by atoms with van der Waals surface area (Å²) in [4.78, 5) is 5.98. The number of nitrogens with two attached hydrogens (primary N) is 1. The first-order valence-electron chi connectivity index (χ1n) is 10.5. The number of rotatable bonds is 5. The number of hydrogen-bond donors (Lipinski definition) is 2. The normalized spacial score (nSPS) is 19.6. The van der Waals surface area contributed by atoms with Gasteiger partial charge < -0.3 is 15.2 Å². The minimum Gasteiger partial charge on any atom is -0.370 e. The van der Waals surface area contributed by atoms with Crippen LogP contribution in [0.5, 0.6) is 0 Å². The smallest absolute Gasteiger partial charge is 0.370 e. The van der Waals surface area contributed by atoms with Gasteiger partial charge in [-0.25, -0.2) is 0 Å². The van der Waals surface area contributed by atoms with Crippen LogP contribution in [-0.2, 0) is 12.6 Å². The monoisotopic (exact) mass is 457 g/mol. The van der Waals surface area contributed by atoms with Crippen LogP contribution in [0.3, 0.4) is 0 Å². The van der Waals surface area contributed by atoms with Crippen molar-refractivity contribution < 1.29 is 17.7 Å². The van der Waals surface area contributed by atoms with Gasteiger partial charge in [-0.2, -0.15) is 18.2 Å². The Morgan fingerprint density at radius 2 is 1.94 bits per heavy atom. The molecule has 0 spiro atoms. The van der Waals surface area contributed by atoms with E-state index < -0.39 is 11.7 Å². The molecule has 1 saturated heterocycles. The first kappa shape index (κ1) is 23.4. The molecule has 1 saturated carbocycles. The largest absolute Gasteiger partial charge is 0.416 e. The van der Waals surface area contributed by atoms with Crippen LogP contribution in [0.4, 0.5) is 13.2 Å². The van der Waals surface area contributed by atoms with E-state index in [9.17, 15) is 13.2 Å². The van der Waals surface area contributed by atoms with Gasteiger partial charge in [0.05, 0.1) is 5.56 Å². The molecule has 1 aliphatic carbocycles. The Balaban J connectivity index is 0.00000272. The Kier molecular flexibility index (Phi) is 7.13. The average Bonchev–Trinajstić information content (AvgIpc) is 3.46. The van der Waals surface area contributed by atoms with E-state index in [0.29, 0.717) is 30.9 Å². The van der Waals surface area contributed by atoms with Gasteiger partial charge in [0.2, 0.25) is 11.7 Å². The van der Waals surface area contributed by atoms with E-state index in [0.717, 1.165) is 31.7 Å². The second-order valence-corrected chi connectivity index (χ2v) is 8.25. The Bertz CT molecular complexity index is 911. The summed E-state index contributed by atoms with van der Waals surface area (Å²) in [6.07, 6.45) is 2.89. The molecule has 0 radical (unpaired) electrons. The van der Waals surface area contributed by atoms with Crippen molar-refractivity contribution in [2.75, 3.05) is 6.54 Å². The Morgan fingerprint density at radius 3 is 2.61 bits per heavy atom. The zero-order chi connectivity index (χ0) is 21.3. The van der Waals surface area contributed by atoms with Gasteiger partial charge in [-0.1, -0.05) is 43.0 Å². The van der Waals surface area contributed by atoms with Crippen molar-refractivity contribution in [3.05, 3.63) is 35.2 Å². The van der Waals surface area contributed by atoms with Gasteiger partial charge in [0, 0.05) is 12.1 Å². The summed E-state index contributed by atoms with van der Waals surface area (Å²) in [6.45, 7) is 0.617. The minimum absolute atomic E-state index is 0. The molecule has 2 aromatic rings. The van der Waals surface area contributed by atoms with Crippen LogP contribution in [0.25, 0.3) is 11.4 Å². The molecule has 0 amide bonds. The Labute approximate surface area is 185 Å². The minimum atomic E-state index is -4.44. The van der Waals surface area contributed by atoms with Crippen LogP contribution in [-0.4, -0.2) is 27.5 Å². The van der Waals surface area contributed by atoms with Gasteiger partial charge in [0.1, 0.15) is 6.04 Å². The lowest BCUT2D eigenvalue weighted by Gasteiger charge is -2.21. The molecule has 3 N–H and O–H groups in total. The molecule has 1 aromatic heterocycles. The van der Waals surface area contributed by atoms with Crippen LogP contribution < -0.4 is 5.73 Å². The SMILES string of the molecule is Cl.N=C(N)N1CCCC1c1nc(-c2ccc(CCC3CCCC3)c(C(F)(F)F)c2)no1. The fraction of sp³-hybridized carbons (Fsp3) is 0.571. The Hall–Kier alpha value is -2.29. The quantitative estimate of drug-likeness (QED) is 0.467. The molecular weight excluding hydrogens is 431 g/mol. The second kappa shape index (κ2) is 9.46. The summed E-state index contributed by atoms with van der Waals surface area (Å²) in [6, 6.07) is 3.98. The van der Waals surface area contributed by atoms with Crippen LogP contribution in [0.1, 0.15) is 68.0 Å². The van der Waals surface area contributed by atoms with Crippen LogP contribution >= 0.6 is 12.4 Å². The summed E-state index contributed by atoms with van der Waals surface area (Å²) in [5, 5.41) is 11.5. The number of hydrogen-bond acceptors (Lipinski definition) is 4. The van der Waals surface area contributed by atoms with Crippen LogP contribution in [0, 0.1) is 11.3 Å². The van der Waals surface area contributed by atoms with Crippen LogP contribution in [0.2, 0.25) is 0 Å². The molecule has 1 aliphatic heterocycles. The fourth-order valence-corrected chi connectivity index (χ4v) is 4.66. The lowest BCUT2D eigenvalue weighted by Crippen LogP contribution is -2.35. The van der Waals surface area contributed by atoms with E-state index in [1.165, 1.54) is 12.8 Å². The predicted octanol–water partition coefficient (Wildman–Crippen LogP) is 5.33. The summed E-state index contributed by atoms with van der Waals surface area (Å²) in [5.41, 5.74) is 5.56. The highest BCUT2D eigenvalue weighted by atomic mass is 35.5. The van der Waals surface area contributed by atoms with E-state index in [-0.39, 0.29) is 41.7 Å². The first-order valence-corrected chi connectivity index (χ1v) is 10.5. The Morgan fingerprint density at radius 1 is 1.19 bits per heavy atom. The number of benzene rings is 1. The third-order valence-corrected chi connectivity index (χ3v) is 6.26. The van der Waals surface area contributed by atoms with Gasteiger partial charge in [0.15, 0.2) is 5.96 Å². The highest BCUT2D eigenvalue weighted by Crippen LogP contribution is 2.37. The van der Waals surface area contributed by atoms with E-state index in [1.54, 1.807) is 17.0 Å². The zero-order valence-corrected chi connectivity index (χ0v) is 17.9. The van der Waals surface area contributed by atoms with Crippen molar-refractivity contribution in [2.45, 2.75) is 63.6 Å². The molecule has 1 unspecified atom stereocenters. The number of aromatic nitrogens is 2. The van der Waals surface area contributed by atoms with Gasteiger partial charge in [0.25, 0.3) is 0 Å². The van der Waals surface area contributed by atoms with E-state index in [4.69, 9.17) is 15.7 Å². The topological polar surface area (TPSA) is 92.0 Å². The number of nitrogens with one attached hydrogen (secondary N) is 1. The molecule has 4 rings (SSSR count). The fourth-order valence-electron chi connectivity index (χ4n) is 4.66. The number of alkyl halides is 3. The molecule has 31 heavy (non-hydrogen) atoms. The standard InChI is InChI=1S/C21H26F3N5O.ClH/c22-21(23,24)16-12-15(10-9-14(16)8-7-13-4-1-2-5-13)18-27-19(30-28-18)17-6-3-11-29(17)20(25)26;/h9-10,12-13,17H,1-8,11H2,(H3,25,26);1H. The molecule has 1 aromatic carbocycles. The number of guanidine groups is 1. The molecule has 2 aliphatic rings. The van der Waals surface area contributed by atoms with E-state index >= 15 is 0 Å². The first-order chi connectivity index (χ1) is 14.3. The molecule has 2 fully saturated rings. The molecular formula is C21H27ClF3N5O. The van der Waals surface area contributed by atoms with Crippen molar-refractivity contribution in [2.24, 2.45) is 11.7 Å². The number of likely N-dealkylation sites (tertiary alicyclic amines) is 1. The third kappa shape index (κ3) is 5.14. The lowest BCUT2D eigenvalue weighted by atomic mass is 9.94. The highest BCUT2D eigenvalue weighted by Gasteiger charge is 2.35. The van der Waals surface area contributed by atoms with Gasteiger partial charge in [-0.05, 0) is 43.2 Å². The molecule has 170 valence electrons.